The molecular formula is C17H27ClN2O3. The van der Waals surface area contributed by atoms with Gasteiger partial charge in [-0.1, -0.05) is 32.4 Å². The van der Waals surface area contributed by atoms with Crippen LogP contribution in [-0.4, -0.2) is 49.3 Å². The molecule has 0 atom stereocenters. The van der Waals surface area contributed by atoms with Gasteiger partial charge in [-0.05, 0) is 30.0 Å². The Morgan fingerprint density at radius 3 is 2.65 bits per heavy atom. The standard InChI is InChI=1S/C17H27ClN2O3/c1-17(2,3)12-20(8-5-9-21)11-16(22)19-14-10-13(18)6-7-15(14)23-4/h6-7,10,21H,5,8-9,11-12H2,1-4H3,(H,19,22). The number of benzene rings is 1. The first kappa shape index (κ1) is 19.7. The fourth-order valence-corrected chi connectivity index (χ4v) is 2.52. The smallest absolute Gasteiger partial charge is 0.238 e. The number of carbonyl (C=O) groups is 1. The van der Waals surface area contributed by atoms with E-state index in [9.17, 15) is 4.79 Å². The maximum Gasteiger partial charge on any atom is 0.238 e. The van der Waals surface area contributed by atoms with Crippen LogP contribution in [0.1, 0.15) is 27.2 Å². The first-order valence-electron chi connectivity index (χ1n) is 7.72. The van der Waals surface area contributed by atoms with E-state index in [1.807, 2.05) is 4.90 Å². The molecule has 130 valence electrons. The maximum atomic E-state index is 12.3. The van der Waals surface area contributed by atoms with Crippen LogP contribution in [0.15, 0.2) is 18.2 Å². The van der Waals surface area contributed by atoms with E-state index in [1.54, 1.807) is 25.3 Å². The number of aliphatic hydroxyl groups excluding tert-OH is 1. The molecule has 23 heavy (non-hydrogen) atoms. The average molecular weight is 343 g/mol. The zero-order chi connectivity index (χ0) is 17.5. The van der Waals surface area contributed by atoms with Crippen LogP contribution in [0, 0.1) is 5.41 Å². The Bertz CT molecular complexity index is 515. The van der Waals surface area contributed by atoms with Crippen molar-refractivity contribution in [3.8, 4) is 5.75 Å². The summed E-state index contributed by atoms with van der Waals surface area (Å²) in [5.74, 6) is 0.438. The summed E-state index contributed by atoms with van der Waals surface area (Å²) in [6, 6.07) is 5.10. The summed E-state index contributed by atoms with van der Waals surface area (Å²) >= 11 is 5.97. The van der Waals surface area contributed by atoms with Gasteiger partial charge >= 0.3 is 0 Å². The lowest BCUT2D eigenvalue weighted by Crippen LogP contribution is -2.39. The molecule has 5 nitrogen and oxygen atoms in total. The second-order valence-electron chi connectivity index (χ2n) is 6.74. The van der Waals surface area contributed by atoms with E-state index in [-0.39, 0.29) is 24.5 Å². The van der Waals surface area contributed by atoms with E-state index in [0.717, 1.165) is 6.54 Å². The van der Waals surface area contributed by atoms with Crippen molar-refractivity contribution in [1.29, 1.82) is 0 Å². The van der Waals surface area contributed by atoms with Crippen molar-refractivity contribution in [3.63, 3.8) is 0 Å². The van der Waals surface area contributed by atoms with Crippen molar-refractivity contribution < 1.29 is 14.6 Å². The van der Waals surface area contributed by atoms with Crippen molar-refractivity contribution in [2.45, 2.75) is 27.2 Å². The molecule has 0 aliphatic rings. The van der Waals surface area contributed by atoms with Crippen LogP contribution in [0.3, 0.4) is 0 Å². The second kappa shape index (κ2) is 9.11. The number of hydrogen-bond acceptors (Lipinski definition) is 4. The Morgan fingerprint density at radius 1 is 1.39 bits per heavy atom. The quantitative estimate of drug-likeness (QED) is 0.762. The SMILES string of the molecule is COc1ccc(Cl)cc1NC(=O)CN(CCCO)CC(C)(C)C. The highest BCUT2D eigenvalue weighted by Crippen LogP contribution is 2.27. The summed E-state index contributed by atoms with van der Waals surface area (Å²) in [6.07, 6.45) is 0.643. The number of carbonyl (C=O) groups excluding carboxylic acids is 1. The number of nitrogens with zero attached hydrogens (tertiary/aromatic N) is 1. The third-order valence-electron chi connectivity index (χ3n) is 3.13. The second-order valence-corrected chi connectivity index (χ2v) is 7.18. The van der Waals surface area contributed by atoms with E-state index in [0.29, 0.717) is 29.4 Å². The van der Waals surface area contributed by atoms with Gasteiger partial charge in [0.15, 0.2) is 0 Å². The molecule has 6 heteroatoms. The monoisotopic (exact) mass is 342 g/mol. The fraction of sp³-hybridized carbons (Fsp3) is 0.588. The minimum absolute atomic E-state index is 0.0729. The Hall–Kier alpha value is -1.30. The minimum atomic E-state index is -0.132. The molecule has 1 amide bonds. The zero-order valence-electron chi connectivity index (χ0n) is 14.4. The fourth-order valence-electron chi connectivity index (χ4n) is 2.35. The lowest BCUT2D eigenvalue weighted by molar-refractivity contribution is -0.117. The first-order valence-corrected chi connectivity index (χ1v) is 8.09. The number of halogens is 1. The van der Waals surface area contributed by atoms with E-state index in [1.165, 1.54) is 0 Å². The zero-order valence-corrected chi connectivity index (χ0v) is 15.1. The number of methoxy groups -OCH3 is 1. The predicted octanol–water partition coefficient (Wildman–Crippen LogP) is 3.02. The number of anilines is 1. The van der Waals surface area contributed by atoms with Gasteiger partial charge in [0, 0.05) is 24.7 Å². The molecule has 1 aromatic carbocycles. The summed E-state index contributed by atoms with van der Waals surface area (Å²) in [5, 5.41) is 12.4. The molecule has 2 N–H and O–H groups in total. The highest BCUT2D eigenvalue weighted by Gasteiger charge is 2.19. The topological polar surface area (TPSA) is 61.8 Å². The molecule has 0 heterocycles. The molecule has 0 unspecified atom stereocenters. The van der Waals surface area contributed by atoms with Crippen LogP contribution < -0.4 is 10.1 Å². The Balaban J connectivity index is 2.73. The molecular weight excluding hydrogens is 316 g/mol. The Kier molecular flexibility index (Phi) is 7.82. The van der Waals surface area contributed by atoms with Gasteiger partial charge in [0.25, 0.3) is 0 Å². The van der Waals surface area contributed by atoms with Gasteiger partial charge in [-0.2, -0.15) is 0 Å². The van der Waals surface area contributed by atoms with E-state index in [4.69, 9.17) is 21.4 Å². The molecule has 1 rings (SSSR count). The summed E-state index contributed by atoms with van der Waals surface area (Å²) < 4.78 is 5.23. The van der Waals surface area contributed by atoms with Gasteiger partial charge in [-0.15, -0.1) is 0 Å². The van der Waals surface area contributed by atoms with Gasteiger partial charge in [0.05, 0.1) is 19.3 Å². The van der Waals surface area contributed by atoms with Crippen molar-refractivity contribution in [3.05, 3.63) is 23.2 Å². The number of ether oxygens (including phenoxy) is 1. The van der Waals surface area contributed by atoms with Gasteiger partial charge in [-0.3, -0.25) is 9.69 Å². The van der Waals surface area contributed by atoms with Gasteiger partial charge < -0.3 is 15.2 Å². The number of hydrogen-bond donors (Lipinski definition) is 2. The molecule has 1 aromatic rings. The predicted molar refractivity (Wildman–Crippen MR) is 94.2 cm³/mol. The lowest BCUT2D eigenvalue weighted by atomic mass is 9.96. The normalized spacial score (nSPS) is 11.6. The maximum absolute atomic E-state index is 12.3. The van der Waals surface area contributed by atoms with Crippen molar-refractivity contribution >= 4 is 23.2 Å². The number of aliphatic hydroxyl groups is 1. The van der Waals surface area contributed by atoms with Gasteiger partial charge in [0.2, 0.25) is 5.91 Å². The van der Waals surface area contributed by atoms with Crippen LogP contribution >= 0.6 is 11.6 Å². The molecule has 0 fully saturated rings. The molecule has 0 aliphatic heterocycles. The van der Waals surface area contributed by atoms with Crippen LogP contribution in [0.5, 0.6) is 5.75 Å². The van der Waals surface area contributed by atoms with E-state index in [2.05, 4.69) is 26.1 Å². The first-order chi connectivity index (χ1) is 10.7. The summed E-state index contributed by atoms with van der Waals surface area (Å²) in [4.78, 5) is 14.4. The van der Waals surface area contributed by atoms with Crippen LogP contribution in [-0.2, 0) is 4.79 Å². The highest BCUT2D eigenvalue weighted by atomic mass is 35.5. The largest absolute Gasteiger partial charge is 0.495 e. The average Bonchev–Trinajstić information content (AvgIpc) is 2.43. The Morgan fingerprint density at radius 2 is 2.09 bits per heavy atom. The lowest BCUT2D eigenvalue weighted by Gasteiger charge is -2.29. The molecule has 0 radical (unpaired) electrons. The summed E-state index contributed by atoms with van der Waals surface area (Å²) in [7, 11) is 1.55. The third-order valence-corrected chi connectivity index (χ3v) is 3.37. The third kappa shape index (κ3) is 7.68. The van der Waals surface area contributed by atoms with E-state index >= 15 is 0 Å². The molecule has 0 bridgehead atoms. The molecule has 0 saturated heterocycles. The molecule has 0 spiro atoms. The van der Waals surface area contributed by atoms with Gasteiger partial charge in [0.1, 0.15) is 5.75 Å². The number of rotatable bonds is 8. The van der Waals surface area contributed by atoms with Crippen LogP contribution in [0.4, 0.5) is 5.69 Å². The molecule has 0 aromatic heterocycles. The van der Waals surface area contributed by atoms with Crippen LogP contribution in [0.25, 0.3) is 0 Å². The summed E-state index contributed by atoms with van der Waals surface area (Å²) in [6.45, 7) is 8.18. The number of amides is 1. The summed E-state index contributed by atoms with van der Waals surface area (Å²) in [5.41, 5.74) is 0.631. The van der Waals surface area contributed by atoms with Crippen molar-refractivity contribution in [2.75, 3.05) is 38.7 Å². The van der Waals surface area contributed by atoms with Crippen LogP contribution in [0.2, 0.25) is 5.02 Å². The molecule has 0 aliphatic carbocycles. The minimum Gasteiger partial charge on any atom is -0.495 e. The molecule has 0 saturated carbocycles. The Labute approximate surface area is 143 Å². The van der Waals surface area contributed by atoms with Crippen molar-refractivity contribution in [2.24, 2.45) is 5.41 Å². The highest BCUT2D eigenvalue weighted by molar-refractivity contribution is 6.31. The van der Waals surface area contributed by atoms with Gasteiger partial charge in [-0.25, -0.2) is 0 Å². The number of nitrogens with one attached hydrogen (secondary N) is 1. The van der Waals surface area contributed by atoms with E-state index < -0.39 is 0 Å². The van der Waals surface area contributed by atoms with Crippen molar-refractivity contribution in [1.82, 2.24) is 4.90 Å².